The Morgan fingerprint density at radius 2 is 2.20 bits per heavy atom. The Labute approximate surface area is 90.0 Å². The predicted octanol–water partition coefficient (Wildman–Crippen LogP) is 0.978. The molecule has 1 N–H and O–H groups in total. The van der Waals surface area contributed by atoms with Gasteiger partial charge in [0.1, 0.15) is 0 Å². The Morgan fingerprint density at radius 3 is 3.00 bits per heavy atom. The lowest BCUT2D eigenvalue weighted by Gasteiger charge is -2.27. The molecule has 0 amide bonds. The van der Waals surface area contributed by atoms with Gasteiger partial charge in [-0.2, -0.15) is 5.48 Å². The molecule has 0 spiro atoms. The minimum Gasteiger partial charge on any atom is -0.304 e. The lowest BCUT2D eigenvalue weighted by molar-refractivity contribution is 0.0503. The highest BCUT2D eigenvalue weighted by Crippen LogP contribution is 2.39. The molecule has 0 saturated carbocycles. The average molecular weight is 204 g/mol. The first-order valence-electron chi connectivity index (χ1n) is 5.44. The lowest BCUT2D eigenvalue weighted by atomic mass is 9.83. The van der Waals surface area contributed by atoms with E-state index in [-0.39, 0.29) is 5.54 Å². The molecule has 0 radical (unpaired) electrons. The zero-order valence-electron chi connectivity index (χ0n) is 8.94. The van der Waals surface area contributed by atoms with Crippen LogP contribution in [0.2, 0.25) is 0 Å². The van der Waals surface area contributed by atoms with Crippen molar-refractivity contribution in [3.05, 3.63) is 35.9 Å². The summed E-state index contributed by atoms with van der Waals surface area (Å²) < 4.78 is 0. The average Bonchev–Trinajstić information content (AvgIpc) is 2.75. The van der Waals surface area contributed by atoms with Crippen molar-refractivity contribution in [3.8, 4) is 0 Å². The Hall–Kier alpha value is -0.900. The number of hydroxylamine groups is 1. The fourth-order valence-electron chi connectivity index (χ4n) is 2.85. The molecule has 3 rings (SSSR count). The van der Waals surface area contributed by atoms with Gasteiger partial charge in [0.25, 0.3) is 0 Å². The third-order valence-corrected chi connectivity index (χ3v) is 3.58. The minimum atomic E-state index is 0.0238. The summed E-state index contributed by atoms with van der Waals surface area (Å²) in [7, 11) is 2.17. The Kier molecular flexibility index (Phi) is 2.06. The first kappa shape index (κ1) is 9.33. The quantitative estimate of drug-likeness (QED) is 0.738. The summed E-state index contributed by atoms with van der Waals surface area (Å²) in [4.78, 5) is 7.81. The SMILES string of the molecule is CN1C[C@@H]2CON[C@]2(c2ccccc2)C1. The topological polar surface area (TPSA) is 24.5 Å². The van der Waals surface area contributed by atoms with Gasteiger partial charge in [-0.15, -0.1) is 0 Å². The normalized spacial score (nSPS) is 35.7. The summed E-state index contributed by atoms with van der Waals surface area (Å²) in [5.41, 5.74) is 4.61. The van der Waals surface area contributed by atoms with E-state index in [1.165, 1.54) is 5.56 Å². The van der Waals surface area contributed by atoms with Crippen LogP contribution < -0.4 is 5.48 Å². The van der Waals surface area contributed by atoms with E-state index in [1.54, 1.807) is 0 Å². The monoisotopic (exact) mass is 204 g/mol. The summed E-state index contributed by atoms with van der Waals surface area (Å²) in [6.07, 6.45) is 0. The molecule has 0 aromatic heterocycles. The van der Waals surface area contributed by atoms with Crippen molar-refractivity contribution in [3.63, 3.8) is 0 Å². The maximum atomic E-state index is 5.44. The molecule has 0 bridgehead atoms. The fraction of sp³-hybridized carbons (Fsp3) is 0.500. The molecule has 2 aliphatic rings. The van der Waals surface area contributed by atoms with Crippen LogP contribution in [0.25, 0.3) is 0 Å². The highest BCUT2D eigenvalue weighted by atomic mass is 16.7. The van der Waals surface area contributed by atoms with Gasteiger partial charge in [-0.1, -0.05) is 30.3 Å². The molecule has 2 aliphatic heterocycles. The molecule has 2 atom stereocenters. The number of hydrogen-bond donors (Lipinski definition) is 1. The van der Waals surface area contributed by atoms with E-state index in [0.717, 1.165) is 19.7 Å². The number of rotatable bonds is 1. The molecule has 2 saturated heterocycles. The summed E-state index contributed by atoms with van der Waals surface area (Å²) in [6, 6.07) is 10.6. The van der Waals surface area contributed by atoms with Gasteiger partial charge in [0.05, 0.1) is 12.1 Å². The maximum Gasteiger partial charge on any atom is 0.0870 e. The molecule has 1 aromatic rings. The smallest absolute Gasteiger partial charge is 0.0870 e. The molecule has 80 valence electrons. The standard InChI is InChI=1S/C12H16N2O/c1-14-7-11-8-15-13-12(11,9-14)10-5-3-2-4-6-10/h2-6,11,13H,7-9H2,1H3/t11-,12+/m1/s1. The highest BCUT2D eigenvalue weighted by Gasteiger charge is 2.50. The van der Waals surface area contributed by atoms with Gasteiger partial charge in [0.2, 0.25) is 0 Å². The molecule has 0 unspecified atom stereocenters. The molecular weight excluding hydrogens is 188 g/mol. The number of nitrogens with one attached hydrogen (secondary N) is 1. The predicted molar refractivity (Wildman–Crippen MR) is 58.2 cm³/mol. The van der Waals surface area contributed by atoms with Gasteiger partial charge in [0, 0.05) is 19.0 Å². The molecular formula is C12H16N2O. The number of likely N-dealkylation sites (tertiary alicyclic amines) is 1. The van der Waals surface area contributed by atoms with Crippen molar-refractivity contribution < 1.29 is 4.84 Å². The zero-order chi connectivity index (χ0) is 10.3. The Morgan fingerprint density at radius 1 is 1.40 bits per heavy atom. The third-order valence-electron chi connectivity index (χ3n) is 3.58. The Bertz CT molecular complexity index is 354. The van der Waals surface area contributed by atoms with Crippen LogP contribution in [-0.4, -0.2) is 31.6 Å². The number of benzene rings is 1. The van der Waals surface area contributed by atoms with E-state index in [1.807, 2.05) is 0 Å². The van der Waals surface area contributed by atoms with Gasteiger partial charge in [0.15, 0.2) is 0 Å². The van der Waals surface area contributed by atoms with Crippen LogP contribution in [0.15, 0.2) is 30.3 Å². The van der Waals surface area contributed by atoms with Crippen molar-refractivity contribution in [2.24, 2.45) is 5.92 Å². The number of nitrogens with zero attached hydrogens (tertiary/aromatic N) is 1. The number of hydrogen-bond acceptors (Lipinski definition) is 3. The number of fused-ring (bicyclic) bond motifs is 1. The molecule has 3 heteroatoms. The van der Waals surface area contributed by atoms with Crippen molar-refractivity contribution >= 4 is 0 Å². The minimum absolute atomic E-state index is 0.0238. The molecule has 2 fully saturated rings. The van der Waals surface area contributed by atoms with E-state index in [2.05, 4.69) is 47.8 Å². The second-order valence-corrected chi connectivity index (χ2v) is 4.64. The van der Waals surface area contributed by atoms with E-state index < -0.39 is 0 Å². The van der Waals surface area contributed by atoms with Crippen LogP contribution >= 0.6 is 0 Å². The van der Waals surface area contributed by atoms with Crippen molar-refractivity contribution in [2.45, 2.75) is 5.54 Å². The zero-order valence-corrected chi connectivity index (χ0v) is 8.94. The van der Waals surface area contributed by atoms with Gasteiger partial charge in [-0.3, -0.25) is 0 Å². The molecule has 1 aromatic carbocycles. The van der Waals surface area contributed by atoms with Gasteiger partial charge >= 0.3 is 0 Å². The fourth-order valence-corrected chi connectivity index (χ4v) is 2.85. The van der Waals surface area contributed by atoms with Crippen LogP contribution in [0.5, 0.6) is 0 Å². The van der Waals surface area contributed by atoms with Crippen LogP contribution in [0.3, 0.4) is 0 Å². The van der Waals surface area contributed by atoms with Crippen LogP contribution in [0.1, 0.15) is 5.56 Å². The summed E-state index contributed by atoms with van der Waals surface area (Å²) in [6.45, 7) is 2.96. The number of likely N-dealkylation sites (N-methyl/N-ethyl adjacent to an activating group) is 1. The largest absolute Gasteiger partial charge is 0.304 e. The van der Waals surface area contributed by atoms with Crippen LogP contribution in [0, 0.1) is 5.92 Å². The van der Waals surface area contributed by atoms with Gasteiger partial charge < -0.3 is 9.74 Å². The van der Waals surface area contributed by atoms with Crippen LogP contribution in [0.4, 0.5) is 0 Å². The second kappa shape index (κ2) is 3.30. The van der Waals surface area contributed by atoms with E-state index in [4.69, 9.17) is 4.84 Å². The van der Waals surface area contributed by atoms with Crippen molar-refractivity contribution in [1.29, 1.82) is 0 Å². The summed E-state index contributed by atoms with van der Waals surface area (Å²) >= 11 is 0. The van der Waals surface area contributed by atoms with Crippen molar-refractivity contribution in [1.82, 2.24) is 10.4 Å². The molecule has 2 heterocycles. The van der Waals surface area contributed by atoms with Gasteiger partial charge in [-0.05, 0) is 12.6 Å². The van der Waals surface area contributed by atoms with Crippen LogP contribution in [-0.2, 0) is 10.4 Å². The van der Waals surface area contributed by atoms with Crippen molar-refractivity contribution in [2.75, 3.05) is 26.7 Å². The van der Waals surface area contributed by atoms with E-state index in [9.17, 15) is 0 Å². The second-order valence-electron chi connectivity index (χ2n) is 4.64. The maximum absolute atomic E-state index is 5.44. The first-order valence-corrected chi connectivity index (χ1v) is 5.44. The summed E-state index contributed by atoms with van der Waals surface area (Å²) in [5, 5.41) is 0. The summed E-state index contributed by atoms with van der Waals surface area (Å²) in [5.74, 6) is 0.574. The molecule has 15 heavy (non-hydrogen) atoms. The van der Waals surface area contributed by atoms with Gasteiger partial charge in [-0.25, -0.2) is 0 Å². The molecule has 0 aliphatic carbocycles. The Balaban J connectivity index is 2.02. The molecule has 3 nitrogen and oxygen atoms in total. The lowest BCUT2D eigenvalue weighted by Crippen LogP contribution is -2.42. The van der Waals surface area contributed by atoms with E-state index >= 15 is 0 Å². The highest BCUT2D eigenvalue weighted by molar-refractivity contribution is 5.28. The third kappa shape index (κ3) is 1.31. The first-order chi connectivity index (χ1) is 7.31. The van der Waals surface area contributed by atoms with E-state index in [0.29, 0.717) is 5.92 Å².